The fourth-order valence-electron chi connectivity index (χ4n) is 12.0. The molecule has 7 rings (SSSR count). The minimum Gasteiger partial charge on any atom is -0.461 e. The summed E-state index contributed by atoms with van der Waals surface area (Å²) in [5.74, 6) is 1.77. The van der Waals surface area contributed by atoms with E-state index in [9.17, 15) is 9.59 Å². The van der Waals surface area contributed by atoms with Crippen molar-refractivity contribution in [3.05, 3.63) is 0 Å². The molecule has 0 N–H and O–H groups in total. The maximum absolute atomic E-state index is 12.5. The van der Waals surface area contributed by atoms with Crippen molar-refractivity contribution in [1.82, 2.24) is 9.80 Å². The van der Waals surface area contributed by atoms with Crippen LogP contribution in [0.2, 0.25) is 0 Å². The van der Waals surface area contributed by atoms with Gasteiger partial charge in [-0.15, -0.1) is 0 Å². The lowest BCUT2D eigenvalue weighted by Crippen LogP contribution is -2.62. The van der Waals surface area contributed by atoms with Crippen molar-refractivity contribution >= 4 is 11.9 Å². The Balaban J connectivity index is 1.13. The van der Waals surface area contributed by atoms with Crippen LogP contribution in [0.1, 0.15) is 85.5 Å². The molecule has 4 saturated carbocycles. The van der Waals surface area contributed by atoms with Gasteiger partial charge in [0.05, 0.1) is 40.4 Å². The summed E-state index contributed by atoms with van der Waals surface area (Å²) >= 11 is 0. The summed E-state index contributed by atoms with van der Waals surface area (Å²) in [4.78, 5) is 30.2. The highest BCUT2D eigenvalue weighted by Crippen LogP contribution is 2.67. The molecule has 0 aromatic rings. The number of piperazine rings is 1. The first-order valence-corrected chi connectivity index (χ1v) is 18.2. The Bertz CT molecular complexity index is 1120. The normalized spacial score (nSPS) is 46.2. The van der Waals surface area contributed by atoms with Crippen LogP contribution in [0.3, 0.4) is 0 Å². The molecule has 9 nitrogen and oxygen atoms in total. The van der Waals surface area contributed by atoms with Crippen LogP contribution in [0.4, 0.5) is 0 Å². The Labute approximate surface area is 271 Å². The lowest BCUT2D eigenvalue weighted by atomic mass is 9.44. The number of rotatable bonds is 4. The van der Waals surface area contributed by atoms with Gasteiger partial charge < -0.3 is 23.4 Å². The number of piperidine rings is 1. The molecule has 9 heteroatoms. The van der Waals surface area contributed by atoms with E-state index < -0.39 is 5.79 Å². The van der Waals surface area contributed by atoms with E-state index in [2.05, 4.69) is 37.7 Å². The molecule has 10 atom stereocenters. The highest BCUT2D eigenvalue weighted by molar-refractivity contribution is 5.66. The van der Waals surface area contributed by atoms with E-state index in [0.29, 0.717) is 42.9 Å². The number of nitrogens with zero attached hydrogens (tertiary/aromatic N) is 3. The zero-order chi connectivity index (χ0) is 31.8. The van der Waals surface area contributed by atoms with Crippen LogP contribution < -0.4 is 0 Å². The molecule has 0 bridgehead atoms. The third-order valence-electron chi connectivity index (χ3n) is 14.5. The first kappa shape index (κ1) is 32.3. The molecule has 7 fully saturated rings. The van der Waals surface area contributed by atoms with E-state index in [4.69, 9.17) is 18.9 Å². The van der Waals surface area contributed by atoms with Gasteiger partial charge in [-0.3, -0.25) is 19.4 Å². The van der Waals surface area contributed by atoms with Gasteiger partial charge in [-0.05, 0) is 74.0 Å². The van der Waals surface area contributed by atoms with Crippen LogP contribution in [0.5, 0.6) is 0 Å². The summed E-state index contributed by atoms with van der Waals surface area (Å²) in [6, 6.07) is 0.558. The number of likely N-dealkylation sites (N-methyl/N-ethyl adjacent to an activating group) is 1. The lowest BCUT2D eigenvalue weighted by Gasteiger charge is -2.62. The van der Waals surface area contributed by atoms with Crippen LogP contribution in [-0.2, 0) is 28.5 Å². The fourth-order valence-corrected chi connectivity index (χ4v) is 12.0. The van der Waals surface area contributed by atoms with Gasteiger partial charge in [0.1, 0.15) is 12.2 Å². The molecule has 3 unspecified atom stereocenters. The molecule has 1 spiro atoms. The zero-order valence-electron chi connectivity index (χ0n) is 28.9. The summed E-state index contributed by atoms with van der Waals surface area (Å²) in [5.41, 5.74) is 0.238. The fraction of sp³-hybridized carbons (Fsp3) is 0.944. The molecular weight excluding hydrogens is 570 g/mol. The third-order valence-corrected chi connectivity index (χ3v) is 14.5. The van der Waals surface area contributed by atoms with E-state index >= 15 is 0 Å². The first-order chi connectivity index (χ1) is 21.3. The maximum Gasteiger partial charge on any atom is 0.302 e. The number of likely N-dealkylation sites (tertiary alicyclic amines) is 1. The Kier molecular flexibility index (Phi) is 8.40. The Morgan fingerprint density at radius 2 is 1.40 bits per heavy atom. The average Bonchev–Trinajstić information content (AvgIpc) is 3.55. The Morgan fingerprint density at radius 1 is 0.756 bits per heavy atom. The van der Waals surface area contributed by atoms with Crippen LogP contribution in [0, 0.1) is 34.5 Å². The zero-order valence-corrected chi connectivity index (χ0v) is 28.9. The predicted molar refractivity (Wildman–Crippen MR) is 170 cm³/mol. The SMILES string of the molecule is CC(=O)O[C@H]1C[C@@H]2CCC3C4C[C@H](N5CC[N+](C)(C)CC5)[C@H](OC(C)=O)[C@@]4(C)CCC3[C@@]2(C)C[C@@H]1N1CCC2(CC1)OCCO2. The van der Waals surface area contributed by atoms with Gasteiger partial charge in [-0.1, -0.05) is 13.8 Å². The van der Waals surface area contributed by atoms with E-state index in [-0.39, 0.29) is 41.0 Å². The van der Waals surface area contributed by atoms with Gasteiger partial charge in [0.25, 0.3) is 0 Å². The first-order valence-electron chi connectivity index (χ1n) is 18.2. The number of carbonyl (C=O) groups is 2. The molecule has 3 heterocycles. The van der Waals surface area contributed by atoms with Gasteiger partial charge in [0, 0.05) is 70.4 Å². The van der Waals surface area contributed by atoms with Crippen molar-refractivity contribution in [3.63, 3.8) is 0 Å². The van der Waals surface area contributed by atoms with Crippen LogP contribution in [0.25, 0.3) is 0 Å². The van der Waals surface area contributed by atoms with Gasteiger partial charge in [0.15, 0.2) is 5.79 Å². The number of esters is 2. The summed E-state index contributed by atoms with van der Waals surface area (Å²) in [6.45, 7) is 16.0. The molecule has 254 valence electrons. The summed E-state index contributed by atoms with van der Waals surface area (Å²) in [5, 5.41) is 0. The standard InChI is InChI=1S/C36H60N3O6/c1-24(40)44-32-21-26-7-8-27-28(35(26,4)23-31(32)37-13-11-36(12-14-37)42-19-20-43-36)9-10-34(3)29(27)22-30(33(34)45-25(2)41)38-15-17-39(5,6)18-16-38/h26-33H,7-23H2,1-6H3/q+1/t26-,27?,28?,29?,30-,31-,32-,33-,34-,35-/m0/s1. The average molecular weight is 631 g/mol. The summed E-state index contributed by atoms with van der Waals surface area (Å²) in [7, 11) is 4.67. The maximum atomic E-state index is 12.5. The Hall–Kier alpha value is -1.26. The topological polar surface area (TPSA) is 77.5 Å². The van der Waals surface area contributed by atoms with E-state index in [1.807, 2.05) is 0 Å². The second kappa shape index (κ2) is 11.7. The monoisotopic (exact) mass is 630 g/mol. The van der Waals surface area contributed by atoms with Crippen molar-refractivity contribution in [3.8, 4) is 0 Å². The van der Waals surface area contributed by atoms with E-state index in [0.717, 1.165) is 82.3 Å². The second-order valence-corrected chi connectivity index (χ2v) is 17.3. The molecule has 0 amide bonds. The molecule has 0 aromatic heterocycles. The van der Waals surface area contributed by atoms with Crippen LogP contribution in [-0.4, -0.2) is 123 Å². The molecular formula is C36H60N3O6+. The van der Waals surface area contributed by atoms with Crippen molar-refractivity contribution in [2.75, 3.05) is 66.6 Å². The predicted octanol–water partition coefficient (Wildman–Crippen LogP) is 4.08. The molecule has 7 aliphatic rings. The number of carbonyl (C=O) groups excluding carboxylic acids is 2. The quantitative estimate of drug-likeness (QED) is 0.340. The number of quaternary nitrogens is 1. The van der Waals surface area contributed by atoms with Crippen LogP contribution in [0.15, 0.2) is 0 Å². The van der Waals surface area contributed by atoms with Crippen LogP contribution >= 0.6 is 0 Å². The number of ether oxygens (including phenoxy) is 4. The molecule has 45 heavy (non-hydrogen) atoms. The van der Waals surface area contributed by atoms with Gasteiger partial charge in [-0.2, -0.15) is 0 Å². The summed E-state index contributed by atoms with van der Waals surface area (Å²) < 4.78 is 25.7. The molecule has 3 saturated heterocycles. The summed E-state index contributed by atoms with van der Waals surface area (Å²) in [6.07, 6.45) is 9.69. The molecule has 4 aliphatic carbocycles. The lowest BCUT2D eigenvalue weighted by molar-refractivity contribution is -0.894. The van der Waals surface area contributed by atoms with Gasteiger partial charge in [-0.25, -0.2) is 0 Å². The molecule has 3 aliphatic heterocycles. The highest BCUT2D eigenvalue weighted by Gasteiger charge is 2.65. The van der Waals surface area contributed by atoms with E-state index in [1.54, 1.807) is 13.8 Å². The molecule has 0 aromatic carbocycles. The van der Waals surface area contributed by atoms with Crippen molar-refractivity contribution in [2.24, 2.45) is 34.5 Å². The minimum atomic E-state index is -0.404. The number of hydrogen-bond donors (Lipinski definition) is 0. The molecule has 0 radical (unpaired) electrons. The number of hydrogen-bond acceptors (Lipinski definition) is 8. The van der Waals surface area contributed by atoms with E-state index in [1.165, 1.54) is 19.3 Å². The highest BCUT2D eigenvalue weighted by atomic mass is 16.7. The number of fused-ring (bicyclic) bond motifs is 5. The Morgan fingerprint density at radius 3 is 2.04 bits per heavy atom. The second-order valence-electron chi connectivity index (χ2n) is 17.3. The third kappa shape index (κ3) is 5.68. The van der Waals surface area contributed by atoms with Crippen molar-refractivity contribution in [2.45, 2.75) is 116 Å². The largest absolute Gasteiger partial charge is 0.461 e. The smallest absolute Gasteiger partial charge is 0.302 e. The van der Waals surface area contributed by atoms with Gasteiger partial charge in [0.2, 0.25) is 0 Å². The van der Waals surface area contributed by atoms with Crippen molar-refractivity contribution in [1.29, 1.82) is 0 Å². The van der Waals surface area contributed by atoms with Gasteiger partial charge >= 0.3 is 11.9 Å². The van der Waals surface area contributed by atoms with Crippen molar-refractivity contribution < 1.29 is 33.0 Å². The minimum absolute atomic E-state index is 0.0201.